The minimum Gasteiger partial charge on any atom is -0.384 e. The summed E-state index contributed by atoms with van der Waals surface area (Å²) in [5.74, 6) is -0.276. The van der Waals surface area contributed by atoms with Crippen molar-refractivity contribution in [1.82, 2.24) is 0 Å². The van der Waals surface area contributed by atoms with Crippen LogP contribution in [0.3, 0.4) is 0 Å². The van der Waals surface area contributed by atoms with Gasteiger partial charge in [0.15, 0.2) is 0 Å². The fraction of sp³-hybridized carbons (Fsp3) is 0.167. The molecule has 2 aromatic rings. The molecule has 0 saturated heterocycles. The zero-order valence-electron chi connectivity index (χ0n) is 8.58. The Kier molecular flexibility index (Phi) is 3.61. The Morgan fingerprint density at radius 3 is 2.62 bits per heavy atom. The lowest BCUT2D eigenvalue weighted by atomic mass is 10.0. The number of benzene rings is 1. The third-order valence-electron chi connectivity index (χ3n) is 2.42. The third kappa shape index (κ3) is 2.44. The SMILES string of the molecule is Cc1ccc(C(O)c2csc(I)c2)cc1F. The summed E-state index contributed by atoms with van der Waals surface area (Å²) in [6, 6.07) is 6.75. The Morgan fingerprint density at radius 1 is 1.31 bits per heavy atom. The fourth-order valence-electron chi connectivity index (χ4n) is 1.44. The molecule has 16 heavy (non-hydrogen) atoms. The first-order valence-electron chi connectivity index (χ1n) is 4.76. The number of aliphatic hydroxyl groups excluding tert-OH is 1. The van der Waals surface area contributed by atoms with Crippen molar-refractivity contribution < 1.29 is 9.50 Å². The first-order chi connectivity index (χ1) is 7.58. The highest BCUT2D eigenvalue weighted by Gasteiger charge is 2.13. The number of hydrogen-bond donors (Lipinski definition) is 1. The molecule has 0 saturated carbocycles. The van der Waals surface area contributed by atoms with Crippen LogP contribution in [-0.2, 0) is 0 Å². The highest BCUT2D eigenvalue weighted by molar-refractivity contribution is 14.1. The van der Waals surface area contributed by atoms with Gasteiger partial charge in [0, 0.05) is 0 Å². The molecular weight excluding hydrogens is 338 g/mol. The average molecular weight is 348 g/mol. The van der Waals surface area contributed by atoms with Crippen molar-refractivity contribution in [1.29, 1.82) is 0 Å². The van der Waals surface area contributed by atoms with Gasteiger partial charge in [-0.2, -0.15) is 0 Å². The molecule has 0 aliphatic rings. The molecule has 1 nitrogen and oxygen atoms in total. The second-order valence-corrected chi connectivity index (χ2v) is 6.40. The van der Waals surface area contributed by atoms with Crippen LogP contribution in [-0.4, -0.2) is 5.11 Å². The lowest BCUT2D eigenvalue weighted by Gasteiger charge is -2.10. The van der Waals surface area contributed by atoms with Crippen LogP contribution in [0, 0.1) is 15.6 Å². The van der Waals surface area contributed by atoms with Gasteiger partial charge in [0.05, 0.1) is 2.88 Å². The summed E-state index contributed by atoms with van der Waals surface area (Å²) < 4.78 is 14.5. The van der Waals surface area contributed by atoms with Gasteiger partial charge in [-0.1, -0.05) is 12.1 Å². The standard InChI is InChI=1S/C12H10FIOS/c1-7-2-3-8(4-10(7)13)12(15)9-5-11(14)16-6-9/h2-6,12,15H,1H3. The summed E-state index contributed by atoms with van der Waals surface area (Å²) in [7, 11) is 0. The average Bonchev–Trinajstić information content (AvgIpc) is 2.68. The summed E-state index contributed by atoms with van der Waals surface area (Å²) in [4.78, 5) is 0. The van der Waals surface area contributed by atoms with E-state index in [1.165, 1.54) is 6.07 Å². The Morgan fingerprint density at radius 2 is 2.06 bits per heavy atom. The third-order valence-corrected chi connectivity index (χ3v) is 4.22. The Bertz CT molecular complexity index is 509. The maximum atomic E-state index is 13.4. The van der Waals surface area contributed by atoms with Gasteiger partial charge >= 0.3 is 0 Å². The van der Waals surface area contributed by atoms with Crippen LogP contribution in [0.25, 0.3) is 0 Å². The van der Waals surface area contributed by atoms with Gasteiger partial charge in [-0.3, -0.25) is 0 Å². The second-order valence-electron chi connectivity index (χ2n) is 3.60. The number of aryl methyl sites for hydroxylation is 1. The van der Waals surface area contributed by atoms with Crippen LogP contribution in [0.5, 0.6) is 0 Å². The summed E-state index contributed by atoms with van der Waals surface area (Å²) in [6.45, 7) is 1.71. The first kappa shape index (κ1) is 12.0. The summed E-state index contributed by atoms with van der Waals surface area (Å²) in [5.41, 5.74) is 2.01. The molecule has 0 aliphatic heterocycles. The molecule has 84 valence electrons. The molecule has 1 aromatic carbocycles. The van der Waals surface area contributed by atoms with Crippen LogP contribution in [0.1, 0.15) is 22.8 Å². The summed E-state index contributed by atoms with van der Waals surface area (Å²) >= 11 is 3.77. The molecule has 0 aliphatic carbocycles. The second kappa shape index (κ2) is 4.81. The van der Waals surface area contributed by atoms with Crippen LogP contribution in [0.15, 0.2) is 29.6 Å². The van der Waals surface area contributed by atoms with E-state index in [4.69, 9.17) is 0 Å². The number of aliphatic hydroxyl groups is 1. The molecule has 0 amide bonds. The van der Waals surface area contributed by atoms with E-state index in [1.54, 1.807) is 30.4 Å². The molecule has 1 N–H and O–H groups in total. The van der Waals surface area contributed by atoms with Crippen molar-refractivity contribution in [3.05, 3.63) is 55.0 Å². The Hall–Kier alpha value is -0.460. The minimum absolute atomic E-state index is 0.276. The van der Waals surface area contributed by atoms with Gasteiger partial charge in [-0.15, -0.1) is 11.3 Å². The minimum atomic E-state index is -0.741. The topological polar surface area (TPSA) is 20.2 Å². The molecule has 0 radical (unpaired) electrons. The largest absolute Gasteiger partial charge is 0.384 e. The van der Waals surface area contributed by atoms with Crippen molar-refractivity contribution >= 4 is 33.9 Å². The molecule has 2 rings (SSSR count). The van der Waals surface area contributed by atoms with E-state index in [1.807, 2.05) is 11.4 Å². The van der Waals surface area contributed by atoms with Crippen LogP contribution in [0.2, 0.25) is 0 Å². The summed E-state index contributed by atoms with van der Waals surface area (Å²) in [5, 5.41) is 12.0. The fourth-order valence-corrected chi connectivity index (χ4v) is 2.83. The quantitative estimate of drug-likeness (QED) is 0.817. The van der Waals surface area contributed by atoms with E-state index in [2.05, 4.69) is 22.6 Å². The van der Waals surface area contributed by atoms with Crippen LogP contribution < -0.4 is 0 Å². The van der Waals surface area contributed by atoms with E-state index < -0.39 is 6.10 Å². The van der Waals surface area contributed by atoms with E-state index >= 15 is 0 Å². The molecule has 0 bridgehead atoms. The number of hydrogen-bond acceptors (Lipinski definition) is 2. The maximum absolute atomic E-state index is 13.4. The first-order valence-corrected chi connectivity index (χ1v) is 6.72. The van der Waals surface area contributed by atoms with Gasteiger partial charge < -0.3 is 5.11 Å². The van der Waals surface area contributed by atoms with Crippen molar-refractivity contribution in [2.75, 3.05) is 0 Å². The predicted molar refractivity (Wildman–Crippen MR) is 72.2 cm³/mol. The van der Waals surface area contributed by atoms with Crippen molar-refractivity contribution in [3.8, 4) is 0 Å². The molecular formula is C12H10FIOS. The number of rotatable bonds is 2. The molecule has 1 atom stereocenters. The highest BCUT2D eigenvalue weighted by Crippen LogP contribution is 2.27. The zero-order valence-corrected chi connectivity index (χ0v) is 11.5. The van der Waals surface area contributed by atoms with Crippen LogP contribution in [0.4, 0.5) is 4.39 Å². The molecule has 4 heteroatoms. The van der Waals surface area contributed by atoms with E-state index in [0.717, 1.165) is 8.45 Å². The van der Waals surface area contributed by atoms with Gasteiger partial charge in [-0.05, 0) is 63.7 Å². The highest BCUT2D eigenvalue weighted by atomic mass is 127. The lowest BCUT2D eigenvalue weighted by molar-refractivity contribution is 0.220. The normalized spacial score (nSPS) is 12.8. The number of thiophene rings is 1. The molecule has 0 fully saturated rings. The Labute approximate surface area is 111 Å². The maximum Gasteiger partial charge on any atom is 0.126 e. The zero-order chi connectivity index (χ0) is 11.7. The monoisotopic (exact) mass is 348 g/mol. The van der Waals surface area contributed by atoms with E-state index in [-0.39, 0.29) is 5.82 Å². The Balaban J connectivity index is 2.33. The van der Waals surface area contributed by atoms with Crippen molar-refractivity contribution in [3.63, 3.8) is 0 Å². The smallest absolute Gasteiger partial charge is 0.126 e. The molecule has 1 aromatic heterocycles. The number of halogens is 2. The van der Waals surface area contributed by atoms with Crippen molar-refractivity contribution in [2.24, 2.45) is 0 Å². The predicted octanol–water partition coefficient (Wildman–Crippen LogP) is 3.88. The van der Waals surface area contributed by atoms with Gasteiger partial charge in [-0.25, -0.2) is 4.39 Å². The molecule has 0 spiro atoms. The molecule has 1 unspecified atom stereocenters. The molecule has 1 heterocycles. The van der Waals surface area contributed by atoms with E-state index in [9.17, 15) is 9.50 Å². The summed E-state index contributed by atoms with van der Waals surface area (Å²) in [6.07, 6.45) is -0.741. The van der Waals surface area contributed by atoms with Crippen molar-refractivity contribution in [2.45, 2.75) is 13.0 Å². The van der Waals surface area contributed by atoms with Crippen LogP contribution >= 0.6 is 33.9 Å². The van der Waals surface area contributed by atoms with E-state index in [0.29, 0.717) is 11.1 Å². The lowest BCUT2D eigenvalue weighted by Crippen LogP contribution is -1.99. The van der Waals surface area contributed by atoms with Gasteiger partial charge in [0.25, 0.3) is 0 Å². The van der Waals surface area contributed by atoms with Gasteiger partial charge in [0.1, 0.15) is 11.9 Å². The van der Waals surface area contributed by atoms with Gasteiger partial charge in [0.2, 0.25) is 0 Å².